The number of halogens is 1. The standard InChI is InChI=1S/C16H17FN4OS/c1-4-5-14-18-9-13(23-14)16-19-15(20-22-16)10-6-7-12(21(2)3)11(17)8-10/h6-9H,4-5H2,1-3H3. The molecule has 0 unspecified atom stereocenters. The molecule has 0 aliphatic heterocycles. The second-order valence-electron chi connectivity index (χ2n) is 5.35. The zero-order valence-electron chi connectivity index (χ0n) is 13.2. The molecule has 0 atom stereocenters. The lowest BCUT2D eigenvalue weighted by molar-refractivity contribution is 0.433. The van der Waals surface area contributed by atoms with Crippen LogP contribution in [0.15, 0.2) is 28.9 Å². The Bertz CT molecular complexity index is 812. The minimum absolute atomic E-state index is 0.318. The molecule has 7 heteroatoms. The molecule has 23 heavy (non-hydrogen) atoms. The summed E-state index contributed by atoms with van der Waals surface area (Å²) in [5.41, 5.74) is 1.10. The Morgan fingerprint density at radius 2 is 2.13 bits per heavy atom. The van der Waals surface area contributed by atoms with Gasteiger partial charge in [0.2, 0.25) is 5.82 Å². The molecule has 0 N–H and O–H groups in total. The number of anilines is 1. The summed E-state index contributed by atoms with van der Waals surface area (Å²) in [4.78, 5) is 11.2. The van der Waals surface area contributed by atoms with Crippen molar-refractivity contribution in [3.63, 3.8) is 0 Å². The SMILES string of the molecule is CCCc1ncc(-c2nc(-c3ccc(N(C)C)c(F)c3)no2)s1. The number of hydrogen-bond acceptors (Lipinski definition) is 6. The van der Waals surface area contributed by atoms with Crippen molar-refractivity contribution in [1.82, 2.24) is 15.1 Å². The Morgan fingerprint density at radius 1 is 1.30 bits per heavy atom. The molecule has 0 saturated carbocycles. The summed E-state index contributed by atoms with van der Waals surface area (Å²) in [7, 11) is 3.59. The van der Waals surface area contributed by atoms with Crippen molar-refractivity contribution in [1.29, 1.82) is 0 Å². The molecule has 0 fully saturated rings. The predicted octanol–water partition coefficient (Wildman–Crippen LogP) is 4.02. The van der Waals surface area contributed by atoms with E-state index in [0.717, 1.165) is 22.7 Å². The summed E-state index contributed by atoms with van der Waals surface area (Å²) in [5.74, 6) is 0.466. The molecule has 2 heterocycles. The van der Waals surface area contributed by atoms with E-state index in [-0.39, 0.29) is 5.82 Å². The number of benzene rings is 1. The number of hydrogen-bond donors (Lipinski definition) is 0. The molecule has 3 rings (SSSR count). The Morgan fingerprint density at radius 3 is 2.83 bits per heavy atom. The van der Waals surface area contributed by atoms with Gasteiger partial charge in [-0.05, 0) is 31.0 Å². The van der Waals surface area contributed by atoms with Crippen LogP contribution in [0.5, 0.6) is 0 Å². The highest BCUT2D eigenvalue weighted by Crippen LogP contribution is 2.29. The van der Waals surface area contributed by atoms with Gasteiger partial charge in [-0.2, -0.15) is 4.98 Å². The zero-order chi connectivity index (χ0) is 16.4. The highest BCUT2D eigenvalue weighted by Gasteiger charge is 2.15. The van der Waals surface area contributed by atoms with Crippen LogP contribution >= 0.6 is 11.3 Å². The van der Waals surface area contributed by atoms with Crippen molar-refractivity contribution in [3.05, 3.63) is 35.2 Å². The van der Waals surface area contributed by atoms with Crippen LogP contribution in [-0.4, -0.2) is 29.2 Å². The van der Waals surface area contributed by atoms with Gasteiger partial charge in [-0.3, -0.25) is 0 Å². The van der Waals surface area contributed by atoms with Gasteiger partial charge < -0.3 is 9.42 Å². The van der Waals surface area contributed by atoms with Gasteiger partial charge in [0, 0.05) is 19.7 Å². The fourth-order valence-corrected chi connectivity index (χ4v) is 3.13. The van der Waals surface area contributed by atoms with Crippen LogP contribution in [0, 0.1) is 5.82 Å². The number of rotatable bonds is 5. The van der Waals surface area contributed by atoms with Crippen LogP contribution in [0.1, 0.15) is 18.4 Å². The first-order valence-electron chi connectivity index (χ1n) is 7.34. The second-order valence-corrected chi connectivity index (χ2v) is 6.47. The minimum Gasteiger partial charge on any atom is -0.375 e. The van der Waals surface area contributed by atoms with Crippen molar-refractivity contribution in [2.75, 3.05) is 19.0 Å². The minimum atomic E-state index is -0.318. The third-order valence-corrected chi connectivity index (χ3v) is 4.39. The molecule has 0 spiro atoms. The Hall–Kier alpha value is -2.28. The molecule has 5 nitrogen and oxygen atoms in total. The lowest BCUT2D eigenvalue weighted by Gasteiger charge is -2.13. The predicted molar refractivity (Wildman–Crippen MR) is 89.1 cm³/mol. The Labute approximate surface area is 137 Å². The maximum Gasteiger partial charge on any atom is 0.269 e. The molecular formula is C16H17FN4OS. The molecule has 2 aromatic heterocycles. The van der Waals surface area contributed by atoms with Crippen LogP contribution in [0.25, 0.3) is 22.2 Å². The molecule has 0 aliphatic carbocycles. The lowest BCUT2D eigenvalue weighted by atomic mass is 10.2. The maximum atomic E-state index is 14.1. The van der Waals surface area contributed by atoms with E-state index in [1.807, 2.05) is 0 Å². The summed E-state index contributed by atoms with van der Waals surface area (Å²) >= 11 is 1.54. The average Bonchev–Trinajstić information content (AvgIpc) is 3.15. The molecule has 0 saturated heterocycles. The Balaban J connectivity index is 1.88. The average molecular weight is 332 g/mol. The van der Waals surface area contributed by atoms with Gasteiger partial charge in [0.1, 0.15) is 10.7 Å². The van der Waals surface area contributed by atoms with Gasteiger partial charge in [0.15, 0.2) is 0 Å². The van der Waals surface area contributed by atoms with Crippen LogP contribution < -0.4 is 4.90 Å². The monoisotopic (exact) mass is 332 g/mol. The van der Waals surface area contributed by atoms with Crippen molar-refractivity contribution in [2.24, 2.45) is 0 Å². The molecule has 120 valence electrons. The maximum absolute atomic E-state index is 14.1. The van der Waals surface area contributed by atoms with E-state index >= 15 is 0 Å². The normalized spacial score (nSPS) is 11.0. The Kier molecular flexibility index (Phi) is 4.38. The molecule has 0 bridgehead atoms. The number of aryl methyl sites for hydroxylation is 1. The number of aromatic nitrogens is 3. The lowest BCUT2D eigenvalue weighted by Crippen LogP contribution is -2.10. The summed E-state index contributed by atoms with van der Waals surface area (Å²) < 4.78 is 19.4. The quantitative estimate of drug-likeness (QED) is 0.706. The first kappa shape index (κ1) is 15.6. The molecule has 1 aromatic carbocycles. The third-order valence-electron chi connectivity index (χ3n) is 3.34. The van der Waals surface area contributed by atoms with Crippen LogP contribution in [-0.2, 0) is 6.42 Å². The third kappa shape index (κ3) is 3.24. The van der Waals surface area contributed by atoms with Gasteiger partial charge >= 0.3 is 0 Å². The molecule has 3 aromatic rings. The van der Waals surface area contributed by atoms with Gasteiger partial charge in [0.05, 0.1) is 16.9 Å². The topological polar surface area (TPSA) is 55.1 Å². The van der Waals surface area contributed by atoms with Crippen molar-refractivity contribution < 1.29 is 8.91 Å². The van der Waals surface area contributed by atoms with Gasteiger partial charge in [-0.1, -0.05) is 12.1 Å². The fourth-order valence-electron chi connectivity index (χ4n) is 2.19. The molecule has 0 amide bonds. The zero-order valence-corrected chi connectivity index (χ0v) is 14.0. The molecule has 0 aliphatic rings. The first-order valence-corrected chi connectivity index (χ1v) is 8.16. The fraction of sp³-hybridized carbons (Fsp3) is 0.312. The van der Waals surface area contributed by atoms with Crippen molar-refractivity contribution in [3.8, 4) is 22.2 Å². The van der Waals surface area contributed by atoms with E-state index in [9.17, 15) is 4.39 Å². The van der Waals surface area contributed by atoms with Crippen LogP contribution in [0.2, 0.25) is 0 Å². The smallest absolute Gasteiger partial charge is 0.269 e. The van der Waals surface area contributed by atoms with E-state index in [0.29, 0.717) is 23.0 Å². The number of nitrogens with zero attached hydrogens (tertiary/aromatic N) is 4. The summed E-state index contributed by atoms with van der Waals surface area (Å²) in [6.45, 7) is 2.11. The summed E-state index contributed by atoms with van der Waals surface area (Å²) in [5, 5.41) is 4.99. The highest BCUT2D eigenvalue weighted by atomic mass is 32.1. The van der Waals surface area contributed by atoms with E-state index < -0.39 is 0 Å². The number of thiazole rings is 1. The van der Waals surface area contributed by atoms with Crippen molar-refractivity contribution in [2.45, 2.75) is 19.8 Å². The van der Waals surface area contributed by atoms with E-state index in [1.165, 1.54) is 6.07 Å². The van der Waals surface area contributed by atoms with E-state index in [2.05, 4.69) is 22.0 Å². The van der Waals surface area contributed by atoms with Crippen LogP contribution in [0.4, 0.5) is 10.1 Å². The van der Waals surface area contributed by atoms with Gasteiger partial charge in [-0.25, -0.2) is 9.37 Å². The summed E-state index contributed by atoms with van der Waals surface area (Å²) in [6.07, 6.45) is 3.71. The van der Waals surface area contributed by atoms with E-state index in [4.69, 9.17) is 4.52 Å². The molecule has 0 radical (unpaired) electrons. The first-order chi connectivity index (χ1) is 11.1. The largest absolute Gasteiger partial charge is 0.375 e. The van der Waals surface area contributed by atoms with Crippen molar-refractivity contribution >= 4 is 17.0 Å². The summed E-state index contributed by atoms with van der Waals surface area (Å²) in [6, 6.07) is 4.90. The van der Waals surface area contributed by atoms with Crippen LogP contribution in [0.3, 0.4) is 0 Å². The van der Waals surface area contributed by atoms with Gasteiger partial charge in [0.25, 0.3) is 5.89 Å². The van der Waals surface area contributed by atoms with E-state index in [1.54, 1.807) is 48.7 Å². The molecular weight excluding hydrogens is 315 g/mol. The second kappa shape index (κ2) is 6.45. The van der Waals surface area contributed by atoms with Gasteiger partial charge in [-0.15, -0.1) is 11.3 Å². The highest BCUT2D eigenvalue weighted by molar-refractivity contribution is 7.15.